The number of fused-ring (bicyclic) bond motifs is 3. The van der Waals surface area contributed by atoms with Crippen LogP contribution in [0.15, 0.2) is 74.7 Å². The lowest BCUT2D eigenvalue weighted by atomic mass is 9.85. The van der Waals surface area contributed by atoms with Crippen LogP contribution in [0.3, 0.4) is 0 Å². The molecule has 1 nitrogen and oxygen atoms in total. The largest absolute Gasteiger partial charge is 0.293 e. The Labute approximate surface area is 155 Å². The molecular formula is C22H16OS2. The van der Waals surface area contributed by atoms with E-state index < -0.39 is 5.41 Å². The summed E-state index contributed by atoms with van der Waals surface area (Å²) in [5, 5.41) is 2.32. The van der Waals surface area contributed by atoms with Gasteiger partial charge in [-0.3, -0.25) is 4.79 Å². The molecule has 0 radical (unpaired) electrons. The van der Waals surface area contributed by atoms with Crippen LogP contribution in [0.5, 0.6) is 0 Å². The maximum absolute atomic E-state index is 13.1. The number of hydrogen-bond donors (Lipinski definition) is 0. The summed E-state index contributed by atoms with van der Waals surface area (Å²) >= 11 is 3.59. The van der Waals surface area contributed by atoms with Crippen LogP contribution in [0, 0.1) is 5.41 Å². The molecule has 2 aliphatic rings. The van der Waals surface area contributed by atoms with E-state index in [2.05, 4.69) is 68.4 Å². The van der Waals surface area contributed by atoms with Gasteiger partial charge < -0.3 is 0 Å². The highest BCUT2D eigenvalue weighted by molar-refractivity contribution is 8.25. The van der Waals surface area contributed by atoms with Gasteiger partial charge in [0.1, 0.15) is 0 Å². The Balaban J connectivity index is 1.78. The van der Waals surface area contributed by atoms with Crippen LogP contribution in [0.2, 0.25) is 0 Å². The zero-order valence-electron chi connectivity index (χ0n) is 14.0. The van der Waals surface area contributed by atoms with E-state index in [0.717, 1.165) is 16.5 Å². The summed E-state index contributed by atoms with van der Waals surface area (Å²) in [6, 6.07) is 21.0. The minimum Gasteiger partial charge on any atom is -0.293 e. The van der Waals surface area contributed by atoms with E-state index in [4.69, 9.17) is 0 Å². The van der Waals surface area contributed by atoms with Gasteiger partial charge >= 0.3 is 0 Å². The van der Waals surface area contributed by atoms with Gasteiger partial charge in [0.25, 0.3) is 0 Å². The highest BCUT2D eigenvalue weighted by atomic mass is 32.2. The Morgan fingerprint density at radius 3 is 1.88 bits per heavy atom. The van der Waals surface area contributed by atoms with E-state index in [1.54, 1.807) is 23.5 Å². The number of ketones is 1. The first-order valence-corrected chi connectivity index (χ1v) is 9.96. The minimum absolute atomic E-state index is 0.230. The Morgan fingerprint density at radius 2 is 1.28 bits per heavy atom. The number of hydrogen-bond acceptors (Lipinski definition) is 3. The summed E-state index contributed by atoms with van der Waals surface area (Å²) in [6.45, 7) is 4.12. The van der Waals surface area contributed by atoms with Crippen molar-refractivity contribution in [1.82, 2.24) is 0 Å². The molecule has 1 aliphatic heterocycles. The predicted molar refractivity (Wildman–Crippen MR) is 107 cm³/mol. The van der Waals surface area contributed by atoms with E-state index in [-0.39, 0.29) is 5.78 Å². The van der Waals surface area contributed by atoms with E-state index >= 15 is 0 Å². The summed E-state index contributed by atoms with van der Waals surface area (Å²) in [6.07, 6.45) is 0. The van der Waals surface area contributed by atoms with Gasteiger partial charge in [0.15, 0.2) is 5.78 Å². The van der Waals surface area contributed by atoms with Gasteiger partial charge in [0.2, 0.25) is 0 Å². The zero-order valence-corrected chi connectivity index (χ0v) is 15.6. The second kappa shape index (κ2) is 5.26. The third-order valence-electron chi connectivity index (χ3n) is 5.05. The molecule has 0 saturated carbocycles. The first kappa shape index (κ1) is 15.3. The van der Waals surface area contributed by atoms with E-state index in [9.17, 15) is 4.79 Å². The summed E-state index contributed by atoms with van der Waals surface area (Å²) in [4.78, 5) is 15.7. The molecular weight excluding hydrogens is 344 g/mol. The topological polar surface area (TPSA) is 17.1 Å². The van der Waals surface area contributed by atoms with Crippen molar-refractivity contribution in [3.05, 3.63) is 76.0 Å². The molecule has 1 heterocycles. The molecule has 25 heavy (non-hydrogen) atoms. The fourth-order valence-electron chi connectivity index (χ4n) is 3.73. The first-order valence-electron chi connectivity index (χ1n) is 8.33. The maximum Gasteiger partial charge on any atom is 0.173 e. The summed E-state index contributed by atoms with van der Waals surface area (Å²) in [5.41, 5.74) is 2.67. The van der Waals surface area contributed by atoms with Crippen molar-refractivity contribution >= 4 is 45.7 Å². The van der Waals surface area contributed by atoms with Crippen molar-refractivity contribution in [2.45, 2.75) is 23.6 Å². The van der Waals surface area contributed by atoms with Crippen LogP contribution < -0.4 is 0 Å². The number of Topliss-reactive ketones (excluding diaryl/α,β-unsaturated/α-hetero) is 1. The lowest BCUT2D eigenvalue weighted by Crippen LogP contribution is -2.18. The molecule has 122 valence electrons. The van der Waals surface area contributed by atoms with E-state index in [1.165, 1.54) is 25.0 Å². The Kier molecular flexibility index (Phi) is 3.22. The number of thioether (sulfide) groups is 2. The van der Waals surface area contributed by atoms with Crippen molar-refractivity contribution in [2.75, 3.05) is 0 Å². The average molecular weight is 361 g/mol. The molecule has 0 spiro atoms. The van der Waals surface area contributed by atoms with Crippen molar-refractivity contribution < 1.29 is 4.79 Å². The predicted octanol–water partition coefficient (Wildman–Crippen LogP) is 6.63. The lowest BCUT2D eigenvalue weighted by molar-refractivity contribution is 0.0905. The van der Waals surface area contributed by atoms with Gasteiger partial charge in [-0.25, -0.2) is 0 Å². The molecule has 3 heteroatoms. The molecule has 3 aromatic carbocycles. The van der Waals surface area contributed by atoms with Crippen LogP contribution in [-0.2, 0) is 0 Å². The molecule has 5 rings (SSSR count). The van der Waals surface area contributed by atoms with Crippen LogP contribution >= 0.6 is 23.5 Å². The number of benzene rings is 3. The molecule has 0 saturated heterocycles. The molecule has 0 unspecified atom stereocenters. The van der Waals surface area contributed by atoms with Gasteiger partial charge in [0, 0.05) is 15.4 Å². The van der Waals surface area contributed by atoms with Crippen molar-refractivity contribution in [1.29, 1.82) is 0 Å². The molecule has 0 atom stereocenters. The van der Waals surface area contributed by atoms with Gasteiger partial charge in [-0.15, -0.1) is 0 Å². The fourth-order valence-corrected chi connectivity index (χ4v) is 6.65. The van der Waals surface area contributed by atoms with Crippen LogP contribution in [-0.4, -0.2) is 5.78 Å². The van der Waals surface area contributed by atoms with Gasteiger partial charge in [-0.05, 0) is 60.0 Å². The minimum atomic E-state index is -0.489. The third kappa shape index (κ3) is 2.16. The van der Waals surface area contributed by atoms with Crippen molar-refractivity contribution in [3.8, 4) is 0 Å². The summed E-state index contributed by atoms with van der Waals surface area (Å²) in [5.74, 6) is 0.230. The molecule has 1 aliphatic carbocycles. The second-order valence-electron chi connectivity index (χ2n) is 7.01. The van der Waals surface area contributed by atoms with Crippen LogP contribution in [0.25, 0.3) is 16.3 Å². The highest BCUT2D eigenvalue weighted by Gasteiger charge is 2.45. The molecule has 0 aromatic heterocycles. The Bertz CT molecular complexity index is 1070. The Hall–Kier alpha value is -1.97. The Morgan fingerprint density at radius 1 is 0.760 bits per heavy atom. The number of allylic oxidation sites excluding steroid dienone is 1. The zero-order chi connectivity index (χ0) is 17.2. The molecule has 0 fully saturated rings. The maximum atomic E-state index is 13.1. The summed E-state index contributed by atoms with van der Waals surface area (Å²) < 4.78 is 1.24. The smallest absolute Gasteiger partial charge is 0.173 e. The second-order valence-corrected chi connectivity index (χ2v) is 9.38. The van der Waals surface area contributed by atoms with Crippen LogP contribution in [0.4, 0.5) is 0 Å². The monoisotopic (exact) mass is 360 g/mol. The van der Waals surface area contributed by atoms with Crippen LogP contribution in [0.1, 0.15) is 29.8 Å². The standard InChI is InChI=1S/C22H16OS2/c1-22(2)19(21-24-17-9-5-6-10-18(17)25-21)15-11-13-7-3-4-8-14(13)12-16(15)20(22)23/h3-12H,1-2H3. The molecule has 0 N–H and O–H groups in total. The number of carbonyl (C=O) groups excluding carboxylic acids is 1. The SMILES string of the molecule is CC1(C)C(=O)c2cc3ccccc3cc2C1=C1Sc2ccccc2S1. The molecule has 0 bridgehead atoms. The van der Waals surface area contributed by atoms with Gasteiger partial charge in [-0.1, -0.05) is 59.9 Å². The van der Waals surface area contributed by atoms with E-state index in [1.807, 2.05) is 6.07 Å². The molecule has 3 aromatic rings. The number of carbonyl (C=O) groups is 1. The fraction of sp³-hybridized carbons (Fsp3) is 0.136. The quantitative estimate of drug-likeness (QED) is 0.448. The van der Waals surface area contributed by atoms with Crippen molar-refractivity contribution in [3.63, 3.8) is 0 Å². The number of rotatable bonds is 0. The van der Waals surface area contributed by atoms with E-state index in [0.29, 0.717) is 0 Å². The highest BCUT2D eigenvalue weighted by Crippen LogP contribution is 2.59. The summed E-state index contributed by atoms with van der Waals surface area (Å²) in [7, 11) is 0. The first-order chi connectivity index (χ1) is 12.1. The lowest BCUT2D eigenvalue weighted by Gasteiger charge is -2.20. The van der Waals surface area contributed by atoms with Crippen molar-refractivity contribution in [2.24, 2.45) is 5.41 Å². The third-order valence-corrected chi connectivity index (χ3v) is 7.61. The normalized spacial score (nSPS) is 17.9. The van der Waals surface area contributed by atoms with Gasteiger partial charge in [0.05, 0.1) is 9.65 Å². The molecule has 0 amide bonds. The average Bonchev–Trinajstić information content (AvgIpc) is 3.10. The van der Waals surface area contributed by atoms with Gasteiger partial charge in [-0.2, -0.15) is 0 Å².